The smallest absolute Gasteiger partial charge is 0.326 e. The Hall–Kier alpha value is -4.50. The highest BCUT2D eigenvalue weighted by atomic mass is 16.4. The third-order valence-electron chi connectivity index (χ3n) is 5.82. The van der Waals surface area contributed by atoms with Crippen LogP contribution >= 0.6 is 0 Å². The maximum Gasteiger partial charge on any atom is 0.326 e. The van der Waals surface area contributed by atoms with E-state index < -0.39 is 72.8 Å². The van der Waals surface area contributed by atoms with Crippen molar-refractivity contribution in [3.63, 3.8) is 0 Å². The zero-order chi connectivity index (χ0) is 29.8. The lowest BCUT2D eigenvalue weighted by atomic mass is 10.0. The molecule has 1 aromatic heterocycles. The van der Waals surface area contributed by atoms with E-state index in [1.54, 1.807) is 26.0 Å². The van der Waals surface area contributed by atoms with Gasteiger partial charge in [0.2, 0.25) is 23.6 Å². The number of aliphatic hydroxyl groups is 1. The van der Waals surface area contributed by atoms with E-state index in [0.717, 1.165) is 0 Å². The Balaban J connectivity index is 2.02. The summed E-state index contributed by atoms with van der Waals surface area (Å²) in [6.07, 6.45) is 2.75. The van der Waals surface area contributed by atoms with Crippen LogP contribution in [0.3, 0.4) is 0 Å². The molecule has 218 valence electrons. The van der Waals surface area contributed by atoms with Crippen LogP contribution < -0.4 is 27.0 Å². The number of benzene rings is 1. The number of carboxylic acid groups (broad SMARTS) is 1. The van der Waals surface area contributed by atoms with Gasteiger partial charge < -0.3 is 47.3 Å². The quantitative estimate of drug-likeness (QED) is 0.111. The molecule has 0 aliphatic heterocycles. The highest BCUT2D eigenvalue weighted by Crippen LogP contribution is 2.12. The molecule has 2 rings (SSSR count). The zero-order valence-corrected chi connectivity index (χ0v) is 22.1. The summed E-state index contributed by atoms with van der Waals surface area (Å²) in [4.78, 5) is 68.8. The summed E-state index contributed by atoms with van der Waals surface area (Å²) in [6, 6.07) is 1.06. The topological polar surface area (TPSA) is 249 Å². The minimum Gasteiger partial charge on any atom is -0.508 e. The zero-order valence-electron chi connectivity index (χ0n) is 22.1. The second-order valence-corrected chi connectivity index (χ2v) is 9.41. The summed E-state index contributed by atoms with van der Waals surface area (Å²) in [5, 5.41) is 37.8. The number of imidazole rings is 1. The Morgan fingerprint density at radius 3 is 2.15 bits per heavy atom. The van der Waals surface area contributed by atoms with Crippen molar-refractivity contribution in [1.82, 2.24) is 31.2 Å². The molecule has 0 spiro atoms. The van der Waals surface area contributed by atoms with Crippen LogP contribution in [0.25, 0.3) is 0 Å². The van der Waals surface area contributed by atoms with Crippen LogP contribution in [-0.2, 0) is 36.8 Å². The molecule has 2 aromatic rings. The van der Waals surface area contributed by atoms with E-state index in [2.05, 4.69) is 31.2 Å². The van der Waals surface area contributed by atoms with Crippen molar-refractivity contribution in [3.8, 4) is 5.75 Å². The van der Waals surface area contributed by atoms with Crippen LogP contribution in [0.5, 0.6) is 5.75 Å². The van der Waals surface area contributed by atoms with E-state index in [-0.39, 0.29) is 18.6 Å². The second-order valence-electron chi connectivity index (χ2n) is 9.41. The number of carbonyl (C=O) groups is 5. The third kappa shape index (κ3) is 9.99. The van der Waals surface area contributed by atoms with Crippen LogP contribution in [0.15, 0.2) is 36.8 Å². The van der Waals surface area contributed by atoms with Gasteiger partial charge in [-0.3, -0.25) is 19.2 Å². The first-order valence-electron chi connectivity index (χ1n) is 12.4. The Morgan fingerprint density at radius 1 is 0.950 bits per heavy atom. The van der Waals surface area contributed by atoms with Gasteiger partial charge in [0.05, 0.1) is 19.5 Å². The van der Waals surface area contributed by atoms with Crippen LogP contribution in [-0.4, -0.2) is 92.2 Å². The molecule has 0 aliphatic rings. The second kappa shape index (κ2) is 15.2. The van der Waals surface area contributed by atoms with Gasteiger partial charge in [-0.05, 0) is 23.6 Å². The largest absolute Gasteiger partial charge is 0.508 e. The summed E-state index contributed by atoms with van der Waals surface area (Å²) in [5.74, 6) is -4.67. The normalized spacial score (nSPS) is 13.9. The van der Waals surface area contributed by atoms with Gasteiger partial charge in [-0.1, -0.05) is 26.0 Å². The number of H-pyrrole nitrogens is 1. The maximum absolute atomic E-state index is 12.9. The van der Waals surface area contributed by atoms with E-state index in [4.69, 9.17) is 10.8 Å². The molecule has 0 bridgehead atoms. The molecule has 0 saturated carbocycles. The van der Waals surface area contributed by atoms with E-state index in [1.165, 1.54) is 24.7 Å². The summed E-state index contributed by atoms with van der Waals surface area (Å²) >= 11 is 0. The lowest BCUT2D eigenvalue weighted by Crippen LogP contribution is -2.57. The van der Waals surface area contributed by atoms with Crippen molar-refractivity contribution < 1.29 is 39.3 Å². The van der Waals surface area contributed by atoms with Crippen molar-refractivity contribution in [2.75, 3.05) is 13.2 Å². The monoisotopic (exact) mass is 561 g/mol. The summed E-state index contributed by atoms with van der Waals surface area (Å²) < 4.78 is 0. The lowest BCUT2D eigenvalue weighted by molar-refractivity contribution is -0.142. The van der Waals surface area contributed by atoms with Crippen molar-refractivity contribution in [1.29, 1.82) is 0 Å². The summed E-state index contributed by atoms with van der Waals surface area (Å²) in [5.41, 5.74) is 6.61. The van der Waals surface area contributed by atoms with E-state index in [9.17, 15) is 34.2 Å². The van der Waals surface area contributed by atoms with Gasteiger partial charge >= 0.3 is 5.97 Å². The number of phenolic OH excluding ortho intramolecular Hbond substituents is 1. The molecule has 40 heavy (non-hydrogen) atoms. The number of carbonyl (C=O) groups excluding carboxylic acids is 4. The molecule has 0 fully saturated rings. The van der Waals surface area contributed by atoms with Gasteiger partial charge in [-0.25, -0.2) is 9.78 Å². The van der Waals surface area contributed by atoms with E-state index in [0.29, 0.717) is 11.3 Å². The number of aromatic hydroxyl groups is 1. The molecule has 4 atom stereocenters. The van der Waals surface area contributed by atoms with Gasteiger partial charge in [0.15, 0.2) is 0 Å². The van der Waals surface area contributed by atoms with Crippen LogP contribution in [0.1, 0.15) is 25.1 Å². The van der Waals surface area contributed by atoms with Crippen molar-refractivity contribution in [2.45, 2.75) is 50.9 Å². The van der Waals surface area contributed by atoms with Crippen molar-refractivity contribution in [3.05, 3.63) is 48.0 Å². The molecular weight excluding hydrogens is 526 g/mol. The Labute approximate surface area is 229 Å². The number of hydrogen-bond acceptors (Lipinski definition) is 9. The average Bonchev–Trinajstić information content (AvgIpc) is 3.43. The number of aliphatic carboxylic acids is 1. The Bertz CT molecular complexity index is 1150. The average molecular weight is 562 g/mol. The summed E-state index contributed by atoms with van der Waals surface area (Å²) in [6.45, 7) is 2.10. The number of nitrogens with two attached hydrogens (primary N) is 1. The summed E-state index contributed by atoms with van der Waals surface area (Å²) in [7, 11) is 0. The maximum atomic E-state index is 12.9. The fraction of sp³-hybridized carbons (Fsp3) is 0.440. The first kappa shape index (κ1) is 31.7. The Morgan fingerprint density at radius 2 is 1.60 bits per heavy atom. The SMILES string of the molecule is CC(C)[C@H](NC(=O)CNC(=O)[C@H](Cc1ccc(O)cc1)NC(=O)[C@@H](N)CO)C(=O)N[C@@H](Cc1cnc[nH]1)C(=O)O. The van der Waals surface area contributed by atoms with Crippen LogP contribution in [0.4, 0.5) is 0 Å². The van der Waals surface area contributed by atoms with E-state index >= 15 is 0 Å². The van der Waals surface area contributed by atoms with E-state index in [1.807, 2.05) is 0 Å². The predicted octanol–water partition coefficient (Wildman–Crippen LogP) is -2.47. The predicted molar refractivity (Wildman–Crippen MR) is 140 cm³/mol. The number of carboxylic acids is 1. The molecule has 0 saturated heterocycles. The van der Waals surface area contributed by atoms with Gasteiger partial charge in [-0.2, -0.15) is 0 Å². The van der Waals surface area contributed by atoms with Gasteiger partial charge in [0.1, 0.15) is 29.9 Å². The van der Waals surface area contributed by atoms with Gasteiger partial charge in [0, 0.05) is 24.7 Å². The molecular formula is C25H35N7O8. The highest BCUT2D eigenvalue weighted by Gasteiger charge is 2.30. The minimum absolute atomic E-state index is 0.00693. The molecule has 1 aromatic carbocycles. The number of amides is 4. The number of rotatable bonds is 15. The minimum atomic E-state index is -1.28. The number of nitrogens with zero attached hydrogens (tertiary/aromatic N) is 1. The molecule has 0 unspecified atom stereocenters. The van der Waals surface area contributed by atoms with Crippen LogP contribution in [0, 0.1) is 5.92 Å². The fourth-order valence-corrected chi connectivity index (χ4v) is 3.57. The molecule has 15 heteroatoms. The number of aliphatic hydroxyl groups excluding tert-OH is 1. The fourth-order valence-electron chi connectivity index (χ4n) is 3.57. The van der Waals surface area contributed by atoms with Gasteiger partial charge in [-0.15, -0.1) is 0 Å². The standard InChI is InChI=1S/C25H35N7O8/c1-13(2)21(24(38)31-19(25(39)40)8-15-9-27-12-29-15)32-20(35)10-28-23(37)18(30-22(36)17(26)11-33)7-14-3-5-16(34)6-4-14/h3-6,9,12-13,17-19,21,33-34H,7-8,10-11,26H2,1-2H3,(H,27,29)(H,28,37)(H,30,36)(H,31,38)(H,32,35)(H,39,40)/t17-,18-,19-,21-/m0/s1. The first-order chi connectivity index (χ1) is 18.9. The molecule has 1 heterocycles. The number of phenols is 1. The highest BCUT2D eigenvalue weighted by molar-refractivity contribution is 5.94. The molecule has 4 amide bonds. The van der Waals surface area contributed by atoms with Crippen LogP contribution in [0.2, 0.25) is 0 Å². The first-order valence-corrected chi connectivity index (χ1v) is 12.4. The number of aromatic nitrogens is 2. The third-order valence-corrected chi connectivity index (χ3v) is 5.82. The molecule has 15 nitrogen and oxygen atoms in total. The lowest BCUT2D eigenvalue weighted by Gasteiger charge is -2.24. The number of nitrogens with one attached hydrogen (secondary N) is 5. The van der Waals surface area contributed by atoms with Crippen molar-refractivity contribution >= 4 is 29.6 Å². The Kier molecular flexibility index (Phi) is 12.0. The molecule has 0 aliphatic carbocycles. The van der Waals surface area contributed by atoms with Gasteiger partial charge in [0.25, 0.3) is 0 Å². The number of hydrogen-bond donors (Lipinski definition) is 9. The van der Waals surface area contributed by atoms with Crippen molar-refractivity contribution in [2.24, 2.45) is 11.7 Å². The molecule has 0 radical (unpaired) electrons. The number of aromatic amines is 1. The molecule has 10 N–H and O–H groups in total.